The molecule has 2 nitrogen and oxygen atoms in total. The van der Waals surface area contributed by atoms with Crippen LogP contribution in [0.1, 0.15) is 12.7 Å². The van der Waals surface area contributed by atoms with Crippen LogP contribution >= 0.6 is 0 Å². The second-order valence-electron chi connectivity index (χ2n) is 2.12. The predicted octanol–water partition coefficient (Wildman–Crippen LogP) is 2.54. The molecule has 54 valence electrons. The number of rotatable bonds is 2. The van der Waals surface area contributed by atoms with Gasteiger partial charge in [0.2, 0.25) is 0 Å². The molecule has 0 saturated heterocycles. The highest BCUT2D eigenvalue weighted by atomic mass is 14.9. The first-order valence-electron chi connectivity index (χ1n) is 3.06. The number of nitrogens with one attached hydrogen (secondary N) is 1. The van der Waals surface area contributed by atoms with Crippen molar-refractivity contribution in [1.29, 1.82) is 0 Å². The molecule has 0 bridgehead atoms. The largest absolute Gasteiger partial charge is 0.344 e. The molecule has 0 saturated carbocycles. The lowest BCUT2D eigenvalue weighted by Gasteiger charge is -1.86. The van der Waals surface area contributed by atoms with Crippen LogP contribution in [0.2, 0.25) is 0 Å². The molecule has 1 aromatic heterocycles. The summed E-state index contributed by atoms with van der Waals surface area (Å²) in [5.74, 6) is 0.799. The van der Waals surface area contributed by atoms with E-state index in [1.165, 1.54) is 0 Å². The third kappa shape index (κ3) is 1.00. The SMILES string of the molecule is C=Cc1cc(C)[nH]c1N=C.[HH]. The number of aryl methyl sites for hydroxylation is 1. The van der Waals surface area contributed by atoms with E-state index in [0.717, 1.165) is 17.1 Å². The molecule has 0 radical (unpaired) electrons. The summed E-state index contributed by atoms with van der Waals surface area (Å²) in [5.41, 5.74) is 2.09. The summed E-state index contributed by atoms with van der Waals surface area (Å²) >= 11 is 0. The first-order valence-corrected chi connectivity index (χ1v) is 3.06. The molecule has 0 atom stereocenters. The highest BCUT2D eigenvalue weighted by Gasteiger charge is 1.98. The Balaban J connectivity index is 0.000001000. The molecular formula is C8H12N2. The molecule has 0 amide bonds. The lowest BCUT2D eigenvalue weighted by molar-refractivity contribution is 1.24. The molecule has 1 N–H and O–H groups in total. The Morgan fingerprint density at radius 2 is 2.50 bits per heavy atom. The van der Waals surface area contributed by atoms with Gasteiger partial charge in [0.1, 0.15) is 5.82 Å². The molecular weight excluding hydrogens is 124 g/mol. The van der Waals surface area contributed by atoms with E-state index in [-0.39, 0.29) is 1.43 Å². The van der Waals surface area contributed by atoms with Gasteiger partial charge in [-0.25, -0.2) is 4.99 Å². The summed E-state index contributed by atoms with van der Waals surface area (Å²) in [4.78, 5) is 6.83. The van der Waals surface area contributed by atoms with Gasteiger partial charge in [0.15, 0.2) is 0 Å². The van der Waals surface area contributed by atoms with Gasteiger partial charge in [0.25, 0.3) is 0 Å². The number of aromatic nitrogens is 1. The number of aromatic amines is 1. The Labute approximate surface area is 61.8 Å². The topological polar surface area (TPSA) is 28.1 Å². The van der Waals surface area contributed by atoms with Gasteiger partial charge < -0.3 is 4.98 Å². The van der Waals surface area contributed by atoms with Crippen molar-refractivity contribution < 1.29 is 1.43 Å². The van der Waals surface area contributed by atoms with Crippen LogP contribution in [-0.4, -0.2) is 11.7 Å². The van der Waals surface area contributed by atoms with Gasteiger partial charge in [-0.1, -0.05) is 12.7 Å². The van der Waals surface area contributed by atoms with E-state index in [1.807, 2.05) is 13.0 Å². The van der Waals surface area contributed by atoms with Crippen molar-refractivity contribution in [2.24, 2.45) is 4.99 Å². The normalized spacial score (nSPS) is 9.30. The summed E-state index contributed by atoms with van der Waals surface area (Å²) < 4.78 is 0. The quantitative estimate of drug-likeness (QED) is 0.605. The zero-order valence-corrected chi connectivity index (χ0v) is 6.02. The van der Waals surface area contributed by atoms with Crippen LogP contribution in [0, 0.1) is 6.92 Å². The summed E-state index contributed by atoms with van der Waals surface area (Å²) in [5, 5.41) is 0. The minimum Gasteiger partial charge on any atom is -0.344 e. The first-order chi connectivity index (χ1) is 4.77. The second kappa shape index (κ2) is 2.52. The van der Waals surface area contributed by atoms with Gasteiger partial charge in [-0.3, -0.25) is 0 Å². The molecule has 1 heterocycles. The number of nitrogens with zero attached hydrogens (tertiary/aromatic N) is 1. The summed E-state index contributed by atoms with van der Waals surface area (Å²) in [7, 11) is 0. The Morgan fingerprint density at radius 1 is 1.80 bits per heavy atom. The Morgan fingerprint density at radius 3 is 2.90 bits per heavy atom. The Bertz CT molecular complexity index is 238. The van der Waals surface area contributed by atoms with Gasteiger partial charge in [-0.2, -0.15) is 0 Å². The highest BCUT2D eigenvalue weighted by Crippen LogP contribution is 2.18. The first kappa shape index (κ1) is 6.81. The smallest absolute Gasteiger partial charge is 0.136 e. The molecule has 0 aliphatic heterocycles. The third-order valence-electron chi connectivity index (χ3n) is 1.34. The lowest BCUT2D eigenvalue weighted by atomic mass is 10.3. The van der Waals surface area contributed by atoms with Gasteiger partial charge >= 0.3 is 0 Å². The van der Waals surface area contributed by atoms with Crippen LogP contribution in [0.3, 0.4) is 0 Å². The molecule has 0 aliphatic rings. The average molecular weight is 136 g/mol. The number of hydrogen-bond donors (Lipinski definition) is 1. The van der Waals surface area contributed by atoms with Crippen molar-refractivity contribution in [3.05, 3.63) is 23.9 Å². The maximum atomic E-state index is 3.79. The zero-order chi connectivity index (χ0) is 7.56. The molecule has 2 heteroatoms. The van der Waals surface area contributed by atoms with Crippen LogP contribution < -0.4 is 0 Å². The summed E-state index contributed by atoms with van der Waals surface area (Å²) in [6.07, 6.45) is 1.76. The molecule has 0 spiro atoms. The maximum Gasteiger partial charge on any atom is 0.136 e. The standard InChI is InChI=1S/C8H10N2.H2/c1-4-7-5-6(2)10-8(7)9-3;/h4-5,10H,1,3H2,2H3;1H. The van der Waals surface area contributed by atoms with Crippen molar-refractivity contribution in [1.82, 2.24) is 4.98 Å². The van der Waals surface area contributed by atoms with E-state index in [1.54, 1.807) is 6.08 Å². The Kier molecular flexibility index (Phi) is 1.71. The Hall–Kier alpha value is -1.31. The predicted molar refractivity (Wildman–Crippen MR) is 46.9 cm³/mol. The van der Waals surface area contributed by atoms with Crippen molar-refractivity contribution in [3.8, 4) is 0 Å². The van der Waals surface area contributed by atoms with Crippen molar-refractivity contribution in [3.63, 3.8) is 0 Å². The lowest BCUT2D eigenvalue weighted by Crippen LogP contribution is -1.65. The third-order valence-corrected chi connectivity index (χ3v) is 1.34. The van der Waals surface area contributed by atoms with Crippen LogP contribution in [0.4, 0.5) is 5.82 Å². The average Bonchev–Trinajstić information content (AvgIpc) is 2.30. The van der Waals surface area contributed by atoms with Gasteiger partial charge in [-0.15, -0.1) is 0 Å². The molecule has 10 heavy (non-hydrogen) atoms. The molecule has 0 aromatic carbocycles. The number of aliphatic imine (C=N–C) groups is 1. The van der Waals surface area contributed by atoms with Gasteiger partial charge in [0, 0.05) is 12.7 Å². The van der Waals surface area contributed by atoms with Crippen molar-refractivity contribution in [2.45, 2.75) is 6.92 Å². The molecule has 0 unspecified atom stereocenters. The van der Waals surface area contributed by atoms with E-state index in [9.17, 15) is 0 Å². The molecule has 1 rings (SSSR count). The zero-order valence-electron chi connectivity index (χ0n) is 6.02. The van der Waals surface area contributed by atoms with Crippen LogP contribution in [-0.2, 0) is 0 Å². The molecule has 0 fully saturated rings. The summed E-state index contributed by atoms with van der Waals surface area (Å²) in [6.45, 7) is 9.04. The van der Waals surface area contributed by atoms with Crippen LogP contribution in [0.15, 0.2) is 17.6 Å². The van der Waals surface area contributed by atoms with Crippen LogP contribution in [0.25, 0.3) is 6.08 Å². The van der Waals surface area contributed by atoms with E-state index < -0.39 is 0 Å². The fourth-order valence-electron chi connectivity index (χ4n) is 0.883. The van der Waals surface area contributed by atoms with Crippen molar-refractivity contribution >= 4 is 18.6 Å². The summed E-state index contributed by atoms with van der Waals surface area (Å²) in [6, 6.07) is 1.98. The fraction of sp³-hybridized carbons (Fsp3) is 0.125. The van der Waals surface area contributed by atoms with Crippen LogP contribution in [0.5, 0.6) is 0 Å². The van der Waals surface area contributed by atoms with Crippen molar-refractivity contribution in [2.75, 3.05) is 0 Å². The number of hydrogen-bond acceptors (Lipinski definition) is 1. The van der Waals surface area contributed by atoms with Gasteiger partial charge in [-0.05, 0) is 19.7 Å². The van der Waals surface area contributed by atoms with E-state index in [2.05, 4.69) is 23.3 Å². The fourth-order valence-corrected chi connectivity index (χ4v) is 0.883. The van der Waals surface area contributed by atoms with E-state index in [4.69, 9.17) is 0 Å². The number of H-pyrrole nitrogens is 1. The minimum atomic E-state index is 0. The highest BCUT2D eigenvalue weighted by molar-refractivity contribution is 5.62. The molecule has 1 aromatic rings. The monoisotopic (exact) mass is 136 g/mol. The van der Waals surface area contributed by atoms with Gasteiger partial charge in [0.05, 0.1) is 0 Å². The maximum absolute atomic E-state index is 3.79. The van der Waals surface area contributed by atoms with E-state index >= 15 is 0 Å². The van der Waals surface area contributed by atoms with E-state index in [0.29, 0.717) is 0 Å². The molecule has 0 aliphatic carbocycles. The minimum absolute atomic E-state index is 0. The second-order valence-corrected chi connectivity index (χ2v) is 2.12.